The maximum absolute atomic E-state index is 12.9. The summed E-state index contributed by atoms with van der Waals surface area (Å²) in [5.41, 5.74) is 6.82. The molecule has 1 saturated heterocycles. The van der Waals surface area contributed by atoms with Crippen LogP contribution in [-0.2, 0) is 25.8 Å². The molecule has 2 aromatic rings. The van der Waals surface area contributed by atoms with Gasteiger partial charge >= 0.3 is 6.03 Å². The van der Waals surface area contributed by atoms with E-state index < -0.39 is 0 Å². The molecule has 2 heterocycles. The number of urea groups is 1. The van der Waals surface area contributed by atoms with Crippen LogP contribution in [0.1, 0.15) is 47.9 Å². The molecule has 1 aliphatic carbocycles. The van der Waals surface area contributed by atoms with Gasteiger partial charge in [-0.2, -0.15) is 0 Å². The van der Waals surface area contributed by atoms with Crippen LogP contribution in [0.5, 0.6) is 0 Å². The number of nitrogens with zero attached hydrogens (tertiary/aromatic N) is 2. The number of carbonyl (C=O) groups is 1. The minimum atomic E-state index is 0.0827. The van der Waals surface area contributed by atoms with E-state index in [2.05, 4.69) is 52.7 Å². The average molecular weight is 404 g/mol. The van der Waals surface area contributed by atoms with Gasteiger partial charge in [-0.1, -0.05) is 36.4 Å². The molecule has 0 unspecified atom stereocenters. The Balaban J connectivity index is 1.13. The van der Waals surface area contributed by atoms with Crippen LogP contribution in [-0.4, -0.2) is 42.0 Å². The molecule has 1 N–H and O–H groups in total. The summed E-state index contributed by atoms with van der Waals surface area (Å²) in [4.78, 5) is 17.5. The van der Waals surface area contributed by atoms with Gasteiger partial charge in [-0.25, -0.2) is 4.79 Å². The number of benzene rings is 2. The van der Waals surface area contributed by atoms with Crippen molar-refractivity contribution in [3.8, 4) is 0 Å². The standard InChI is InChI=1S/C26H33N3O/c30-26(27-25-11-5-9-22-7-3-4-10-24(22)25)29-16-12-20(13-17-29)18-28-15-14-21-6-1-2-8-23(21)19-28/h1-2,5-6,8-9,11,20H,3-4,7,10,12-19H2,(H,27,30). The van der Waals surface area contributed by atoms with Gasteiger partial charge in [-0.05, 0) is 79.2 Å². The van der Waals surface area contributed by atoms with Crippen molar-refractivity contribution < 1.29 is 4.79 Å². The minimum Gasteiger partial charge on any atom is -0.325 e. The van der Waals surface area contributed by atoms with Gasteiger partial charge in [0.2, 0.25) is 0 Å². The monoisotopic (exact) mass is 403 g/mol. The van der Waals surface area contributed by atoms with E-state index >= 15 is 0 Å². The summed E-state index contributed by atoms with van der Waals surface area (Å²) in [6.45, 7) is 5.15. The molecule has 0 aromatic heterocycles. The Kier molecular flexibility index (Phi) is 5.76. The Bertz CT molecular complexity index is 901. The lowest BCUT2D eigenvalue weighted by Gasteiger charge is -2.36. The summed E-state index contributed by atoms with van der Waals surface area (Å²) in [6, 6.07) is 15.3. The highest BCUT2D eigenvalue weighted by molar-refractivity contribution is 5.90. The molecule has 30 heavy (non-hydrogen) atoms. The lowest BCUT2D eigenvalue weighted by molar-refractivity contribution is 0.147. The number of carbonyl (C=O) groups excluding carboxylic acids is 1. The predicted molar refractivity (Wildman–Crippen MR) is 122 cm³/mol. The highest BCUT2D eigenvalue weighted by Crippen LogP contribution is 2.29. The van der Waals surface area contributed by atoms with Crippen molar-refractivity contribution in [2.24, 2.45) is 5.92 Å². The molecule has 0 radical (unpaired) electrons. The second-order valence-electron chi connectivity index (χ2n) is 9.26. The lowest BCUT2D eigenvalue weighted by atomic mass is 9.90. The first-order valence-corrected chi connectivity index (χ1v) is 11.7. The Labute approximate surface area is 180 Å². The Morgan fingerprint density at radius 2 is 1.63 bits per heavy atom. The number of hydrogen-bond acceptors (Lipinski definition) is 2. The number of hydrogen-bond donors (Lipinski definition) is 1. The van der Waals surface area contributed by atoms with Crippen molar-refractivity contribution in [2.45, 2.75) is 51.5 Å². The molecular formula is C26H33N3O. The first-order chi connectivity index (χ1) is 14.8. The van der Waals surface area contributed by atoms with E-state index in [1.165, 1.54) is 41.5 Å². The number of nitrogens with one attached hydrogen (secondary N) is 1. The fourth-order valence-electron chi connectivity index (χ4n) is 5.49. The molecule has 158 valence electrons. The van der Waals surface area contributed by atoms with Crippen LogP contribution in [0, 0.1) is 5.92 Å². The zero-order chi connectivity index (χ0) is 20.3. The number of amides is 2. The third-order valence-corrected chi connectivity index (χ3v) is 7.27. The molecule has 0 saturated carbocycles. The van der Waals surface area contributed by atoms with Crippen molar-refractivity contribution >= 4 is 11.7 Å². The zero-order valence-electron chi connectivity index (χ0n) is 17.9. The van der Waals surface area contributed by atoms with Crippen LogP contribution in [0.2, 0.25) is 0 Å². The highest BCUT2D eigenvalue weighted by Gasteiger charge is 2.26. The van der Waals surface area contributed by atoms with E-state index in [-0.39, 0.29) is 6.03 Å². The van der Waals surface area contributed by atoms with Crippen molar-refractivity contribution in [2.75, 3.05) is 31.5 Å². The van der Waals surface area contributed by atoms with Crippen LogP contribution in [0.3, 0.4) is 0 Å². The molecule has 1 fully saturated rings. The van der Waals surface area contributed by atoms with Crippen molar-refractivity contribution in [1.82, 2.24) is 9.80 Å². The molecule has 2 amide bonds. The maximum Gasteiger partial charge on any atom is 0.321 e. The quantitative estimate of drug-likeness (QED) is 0.794. The molecule has 4 nitrogen and oxygen atoms in total. The molecule has 0 atom stereocenters. The zero-order valence-corrected chi connectivity index (χ0v) is 17.9. The summed E-state index contributed by atoms with van der Waals surface area (Å²) >= 11 is 0. The normalized spacial score (nSPS) is 19.8. The molecule has 5 rings (SSSR count). The number of anilines is 1. The van der Waals surface area contributed by atoms with Gasteiger partial charge in [0, 0.05) is 38.4 Å². The molecule has 0 bridgehead atoms. The fraction of sp³-hybridized carbons (Fsp3) is 0.500. The van der Waals surface area contributed by atoms with Gasteiger partial charge in [0.05, 0.1) is 0 Å². The molecule has 0 spiro atoms. The van der Waals surface area contributed by atoms with E-state index in [0.717, 1.165) is 64.1 Å². The van der Waals surface area contributed by atoms with Crippen LogP contribution >= 0.6 is 0 Å². The largest absolute Gasteiger partial charge is 0.325 e. The number of piperidine rings is 1. The summed E-state index contributed by atoms with van der Waals surface area (Å²) in [5.74, 6) is 0.698. The van der Waals surface area contributed by atoms with Crippen molar-refractivity contribution in [3.05, 3.63) is 64.7 Å². The van der Waals surface area contributed by atoms with Gasteiger partial charge in [-0.15, -0.1) is 0 Å². The summed E-state index contributed by atoms with van der Waals surface area (Å²) in [6.07, 6.45) is 8.11. The SMILES string of the molecule is O=C(Nc1cccc2c1CCCC2)N1CCC(CN2CCc3ccccc3C2)CC1. The van der Waals surface area contributed by atoms with Crippen LogP contribution in [0.4, 0.5) is 10.5 Å². The van der Waals surface area contributed by atoms with Gasteiger partial charge in [-0.3, -0.25) is 4.90 Å². The van der Waals surface area contributed by atoms with E-state index in [1.807, 2.05) is 4.90 Å². The van der Waals surface area contributed by atoms with Gasteiger partial charge in [0.15, 0.2) is 0 Å². The molecule has 2 aliphatic heterocycles. The highest BCUT2D eigenvalue weighted by atomic mass is 16.2. The smallest absolute Gasteiger partial charge is 0.321 e. The van der Waals surface area contributed by atoms with Crippen LogP contribution < -0.4 is 5.32 Å². The number of rotatable bonds is 3. The third kappa shape index (κ3) is 4.24. The second kappa shape index (κ2) is 8.81. The van der Waals surface area contributed by atoms with Gasteiger partial charge in [0.1, 0.15) is 0 Å². The van der Waals surface area contributed by atoms with E-state index in [1.54, 1.807) is 0 Å². The van der Waals surface area contributed by atoms with E-state index in [9.17, 15) is 4.79 Å². The molecule has 2 aromatic carbocycles. The van der Waals surface area contributed by atoms with E-state index in [4.69, 9.17) is 0 Å². The molecule has 3 aliphatic rings. The summed E-state index contributed by atoms with van der Waals surface area (Å²) < 4.78 is 0. The molecular weight excluding hydrogens is 370 g/mol. The first-order valence-electron chi connectivity index (χ1n) is 11.7. The maximum atomic E-state index is 12.9. The Morgan fingerprint density at radius 3 is 2.50 bits per heavy atom. The summed E-state index contributed by atoms with van der Waals surface area (Å²) in [7, 11) is 0. The van der Waals surface area contributed by atoms with Crippen molar-refractivity contribution in [1.29, 1.82) is 0 Å². The Morgan fingerprint density at radius 1 is 0.867 bits per heavy atom. The first kappa shape index (κ1) is 19.6. The fourth-order valence-corrected chi connectivity index (χ4v) is 5.49. The van der Waals surface area contributed by atoms with Crippen molar-refractivity contribution in [3.63, 3.8) is 0 Å². The van der Waals surface area contributed by atoms with E-state index in [0.29, 0.717) is 5.92 Å². The number of likely N-dealkylation sites (tertiary alicyclic amines) is 1. The average Bonchev–Trinajstić information content (AvgIpc) is 2.80. The van der Waals surface area contributed by atoms with Gasteiger partial charge in [0.25, 0.3) is 0 Å². The summed E-state index contributed by atoms with van der Waals surface area (Å²) in [5, 5.41) is 3.22. The van der Waals surface area contributed by atoms with Crippen LogP contribution in [0.15, 0.2) is 42.5 Å². The predicted octanol–water partition coefficient (Wildman–Crippen LogP) is 4.87. The topological polar surface area (TPSA) is 35.6 Å². The molecule has 4 heteroatoms. The lowest BCUT2D eigenvalue weighted by Crippen LogP contribution is -2.44. The second-order valence-corrected chi connectivity index (χ2v) is 9.26. The minimum absolute atomic E-state index is 0.0827. The third-order valence-electron chi connectivity index (χ3n) is 7.27. The van der Waals surface area contributed by atoms with Crippen LogP contribution in [0.25, 0.3) is 0 Å². The number of aryl methyl sites for hydroxylation is 1. The number of fused-ring (bicyclic) bond motifs is 2. The van der Waals surface area contributed by atoms with Gasteiger partial charge < -0.3 is 10.2 Å². The Hall–Kier alpha value is -2.33.